The van der Waals surface area contributed by atoms with Gasteiger partial charge in [0, 0.05) is 36.8 Å². The van der Waals surface area contributed by atoms with E-state index in [9.17, 15) is 36.9 Å². The van der Waals surface area contributed by atoms with E-state index in [0.717, 1.165) is 6.42 Å². The van der Waals surface area contributed by atoms with E-state index in [0.29, 0.717) is 41.6 Å². The number of carbonyl (C=O) groups excluding carboxylic acids is 1. The van der Waals surface area contributed by atoms with Gasteiger partial charge in [-0.25, -0.2) is 17.4 Å². The first-order valence-electron chi connectivity index (χ1n) is 19.0. The molecule has 2 aliphatic rings. The van der Waals surface area contributed by atoms with Crippen molar-refractivity contribution in [3.05, 3.63) is 96.2 Å². The van der Waals surface area contributed by atoms with Gasteiger partial charge in [-0.1, -0.05) is 83.2 Å². The Morgan fingerprint density at radius 3 is 2.28 bits per heavy atom. The van der Waals surface area contributed by atoms with Crippen LogP contribution in [0, 0.1) is 5.41 Å². The van der Waals surface area contributed by atoms with E-state index < -0.39 is 81.0 Å². The van der Waals surface area contributed by atoms with Crippen molar-refractivity contribution in [3.8, 4) is 0 Å². The van der Waals surface area contributed by atoms with E-state index in [1.165, 1.54) is 12.2 Å². The van der Waals surface area contributed by atoms with Gasteiger partial charge in [-0.3, -0.25) is 4.55 Å². The number of nitrogens with zero attached hydrogens (tertiary/aromatic N) is 1. The fraction of sp³-hybridized carbons (Fsp3) is 0.525. The van der Waals surface area contributed by atoms with Crippen LogP contribution in [0.3, 0.4) is 0 Å². The Balaban J connectivity index is 0.00000349. The molecule has 20 heteroatoms. The number of aliphatic hydroxyl groups excluding tert-OH is 3. The summed E-state index contributed by atoms with van der Waals surface area (Å²) >= 11 is 0. The molecule has 0 unspecified atom stereocenters. The van der Waals surface area contributed by atoms with Crippen LogP contribution < -0.4 is 72.0 Å². The van der Waals surface area contributed by atoms with Gasteiger partial charge in [0.2, 0.25) is 0 Å². The summed E-state index contributed by atoms with van der Waals surface area (Å²) in [6.07, 6.45) is -3.67. The topological polar surface area (TPSA) is 276 Å². The Morgan fingerprint density at radius 2 is 1.73 bits per heavy atom. The first-order chi connectivity index (χ1) is 27.3. The third-order valence-electron chi connectivity index (χ3n) is 10.2. The van der Waals surface area contributed by atoms with Gasteiger partial charge < -0.3 is 50.9 Å². The molecule has 0 spiro atoms. The van der Waals surface area contributed by atoms with Crippen LogP contribution in [0.4, 0.5) is 10.5 Å². The van der Waals surface area contributed by atoms with E-state index in [-0.39, 0.29) is 86.4 Å². The number of nitrogens with one attached hydrogen (secondary N) is 2. The molecule has 2 amide bonds. The molecule has 332 valence electrons. The van der Waals surface area contributed by atoms with Crippen LogP contribution in [-0.2, 0) is 40.5 Å². The van der Waals surface area contributed by atoms with Crippen LogP contribution in [0.25, 0.3) is 0 Å². The van der Waals surface area contributed by atoms with Gasteiger partial charge in [-0.05, 0) is 53.8 Å². The standard InChI is InChI=1S/C38H53N3O12S2.C2H5O.K.H2O/c1-7-10-18-38(9-3)23-54(46,47)30-17-16-27(41(5)6)20-28(30)31(35(38)44)26(8-2)19-24(4)39-37(45)40-36-33(43)34(51-21-25-14-12-11-13-15-25)32(42)29(53-36)22-52-55(48,49)50;1-2-3;;/h8,11-17,19-20,29,31-36,42-44H,2,4,7,9-10,18,21-23H2,1,3,5-6H3,(H2,39,40,45)(H,48,49,50);2H2,1H3;;1H2/q;-1;+1;/b26-19+;;;/t29-,31-,32-,33-,34+,35-,36-,38-;;;/m1.../s1. The molecule has 17 nitrogen and oxygen atoms in total. The van der Waals surface area contributed by atoms with Crippen molar-refractivity contribution in [1.29, 1.82) is 0 Å². The number of aliphatic hydroxyl groups is 3. The number of rotatable bonds is 16. The molecule has 1 saturated heterocycles. The number of hydrogen-bond acceptors (Lipinski definition) is 13. The molecule has 60 heavy (non-hydrogen) atoms. The van der Waals surface area contributed by atoms with Gasteiger partial charge in [-0.15, -0.1) is 6.61 Å². The summed E-state index contributed by atoms with van der Waals surface area (Å²) in [5.74, 6) is -1.14. The zero-order chi connectivity index (χ0) is 43.4. The Labute approximate surface area is 396 Å². The van der Waals surface area contributed by atoms with Crippen molar-refractivity contribution in [3.63, 3.8) is 0 Å². The van der Waals surface area contributed by atoms with Gasteiger partial charge in [0.25, 0.3) is 0 Å². The molecule has 2 aliphatic heterocycles. The summed E-state index contributed by atoms with van der Waals surface area (Å²) in [5, 5.41) is 48.3. The first-order valence-corrected chi connectivity index (χ1v) is 22.0. The second kappa shape index (κ2) is 25.3. The number of anilines is 1. The van der Waals surface area contributed by atoms with Gasteiger partial charge in [0.1, 0.15) is 24.4 Å². The van der Waals surface area contributed by atoms with Gasteiger partial charge >= 0.3 is 67.8 Å². The third-order valence-corrected chi connectivity index (χ3v) is 12.6. The molecule has 0 radical (unpaired) electrons. The van der Waals surface area contributed by atoms with Gasteiger partial charge in [0.05, 0.1) is 30.0 Å². The largest absolute Gasteiger partial charge is 1.00 e. The summed E-state index contributed by atoms with van der Waals surface area (Å²) in [6, 6.07) is 12.9. The second-order valence-corrected chi connectivity index (χ2v) is 17.5. The Kier molecular flexibility index (Phi) is 23.5. The molecule has 0 aromatic heterocycles. The molecule has 0 aliphatic carbocycles. The number of fused-ring (bicyclic) bond motifs is 1. The Morgan fingerprint density at radius 1 is 1.10 bits per heavy atom. The first kappa shape index (κ1) is 55.9. The number of benzene rings is 2. The third kappa shape index (κ3) is 15.0. The molecule has 0 saturated carbocycles. The van der Waals surface area contributed by atoms with Crippen LogP contribution in [0.1, 0.15) is 63.5 Å². The molecule has 2 heterocycles. The van der Waals surface area contributed by atoms with E-state index in [1.54, 1.807) is 55.5 Å². The number of unbranched alkanes of at least 4 members (excludes halogenated alkanes) is 1. The minimum atomic E-state index is -4.94. The minimum absolute atomic E-state index is 0. The van der Waals surface area contributed by atoms with Crippen molar-refractivity contribution in [1.82, 2.24) is 10.6 Å². The number of allylic oxidation sites excluding steroid dienone is 2. The van der Waals surface area contributed by atoms with Crippen molar-refractivity contribution in [2.24, 2.45) is 5.41 Å². The van der Waals surface area contributed by atoms with Crippen molar-refractivity contribution < 1.29 is 117 Å². The molecule has 2 aromatic rings. The predicted octanol–water partition coefficient (Wildman–Crippen LogP) is -1.11. The zero-order valence-electron chi connectivity index (χ0n) is 35.1. The normalized spacial score (nSPS) is 26.0. The number of urea groups is 1. The Bertz CT molecular complexity index is 1950. The molecular weight excluding hydrogens is 850 g/mol. The van der Waals surface area contributed by atoms with Crippen molar-refractivity contribution in [2.45, 2.75) is 101 Å². The number of carbonyl (C=O) groups is 1. The number of ether oxygens (including phenoxy) is 2. The summed E-state index contributed by atoms with van der Waals surface area (Å²) in [4.78, 5) is 15.3. The average Bonchev–Trinajstić information content (AvgIpc) is 3.23. The molecule has 0 bridgehead atoms. The molecule has 1 fully saturated rings. The van der Waals surface area contributed by atoms with Gasteiger partial charge in [0.15, 0.2) is 16.1 Å². The monoisotopic (exact) mass is 909 g/mol. The molecular formula is C40H60KN3O14S2. The number of amides is 2. The van der Waals surface area contributed by atoms with Crippen LogP contribution >= 0.6 is 0 Å². The molecule has 8 atom stereocenters. The van der Waals surface area contributed by atoms with E-state index in [2.05, 4.69) is 28.0 Å². The van der Waals surface area contributed by atoms with E-state index in [1.807, 2.05) is 32.8 Å². The van der Waals surface area contributed by atoms with Crippen LogP contribution in [0.2, 0.25) is 0 Å². The van der Waals surface area contributed by atoms with Crippen LogP contribution in [0.5, 0.6) is 0 Å². The molecule has 4 rings (SSSR count). The molecule has 2 aromatic carbocycles. The van der Waals surface area contributed by atoms with E-state index in [4.69, 9.17) is 19.1 Å². The van der Waals surface area contributed by atoms with Crippen LogP contribution in [-0.4, -0.2) is 118 Å². The second-order valence-electron chi connectivity index (χ2n) is 14.4. The maximum atomic E-state index is 14.0. The summed E-state index contributed by atoms with van der Waals surface area (Å²) < 4.78 is 75.6. The zero-order valence-corrected chi connectivity index (χ0v) is 39.9. The summed E-state index contributed by atoms with van der Waals surface area (Å²) in [6.45, 7) is 12.4. The SMILES string of the molecule is C=C/C(=C\C(=C)NC(=O)N[C@@H]1O[C@H](COS(=O)(=O)O)[C@@H](O)[C@H](OCc2ccccc2)[C@H]1O)[C@@H]1c2cc(N(C)C)ccc2S(=O)(=O)C[C@@](CC)(CCCC)[C@@H]1O.CC[O-].O.[K+]. The minimum Gasteiger partial charge on any atom is -0.855 e. The van der Waals surface area contributed by atoms with Gasteiger partial charge in [-0.2, -0.15) is 8.42 Å². The quantitative estimate of drug-likeness (QED) is 0.0663. The molecule has 8 N–H and O–H groups in total. The van der Waals surface area contributed by atoms with Crippen molar-refractivity contribution in [2.75, 3.05) is 38.0 Å². The average molecular weight is 910 g/mol. The summed E-state index contributed by atoms with van der Waals surface area (Å²) in [7, 11) is -5.16. The number of hydrogen-bond donors (Lipinski definition) is 6. The fourth-order valence-electron chi connectivity index (χ4n) is 7.14. The number of sulfone groups is 1. The maximum absolute atomic E-state index is 14.0. The van der Waals surface area contributed by atoms with Crippen molar-refractivity contribution >= 4 is 32.0 Å². The smallest absolute Gasteiger partial charge is 0.855 e. The van der Waals surface area contributed by atoms with Crippen LogP contribution in [0.15, 0.2) is 90.0 Å². The van der Waals surface area contributed by atoms with E-state index >= 15 is 0 Å². The Hall–Kier alpha value is -2.09. The maximum Gasteiger partial charge on any atom is 1.00 e. The summed E-state index contributed by atoms with van der Waals surface area (Å²) in [5.41, 5.74) is 1.17. The predicted molar refractivity (Wildman–Crippen MR) is 220 cm³/mol. The fourth-order valence-corrected chi connectivity index (χ4v) is 9.70.